The Morgan fingerprint density at radius 2 is 2.06 bits per heavy atom. The summed E-state index contributed by atoms with van der Waals surface area (Å²) in [6.45, 7) is 8.51. The normalized spacial score (nSPS) is 11.3. The van der Waals surface area contributed by atoms with Crippen LogP contribution in [0.1, 0.15) is 50.2 Å². The van der Waals surface area contributed by atoms with Crippen molar-refractivity contribution < 1.29 is 14.6 Å². The second-order valence-corrected chi connectivity index (χ2v) is 4.98. The van der Waals surface area contributed by atoms with Crippen molar-refractivity contribution in [2.45, 2.75) is 39.5 Å². The first kappa shape index (κ1) is 13.5. The second kappa shape index (κ2) is 5.17. The van der Waals surface area contributed by atoms with Crippen molar-refractivity contribution in [2.75, 3.05) is 6.61 Å². The molecule has 0 aliphatic heterocycles. The van der Waals surface area contributed by atoms with Crippen LogP contribution >= 0.6 is 0 Å². The summed E-state index contributed by atoms with van der Waals surface area (Å²) in [5.41, 5.74) is 0.745. The van der Waals surface area contributed by atoms with Crippen LogP contribution in [-0.2, 0) is 5.41 Å². The minimum absolute atomic E-state index is 0.199. The van der Waals surface area contributed by atoms with Gasteiger partial charge in [-0.2, -0.15) is 0 Å². The number of aromatic nitrogens is 1. The lowest BCUT2D eigenvalue weighted by atomic mass is 9.91. The van der Waals surface area contributed by atoms with Gasteiger partial charge in [0, 0.05) is 11.5 Å². The molecule has 17 heavy (non-hydrogen) atoms. The van der Waals surface area contributed by atoms with Gasteiger partial charge in [0.05, 0.1) is 17.9 Å². The smallest absolute Gasteiger partial charge is 0.335 e. The average molecular weight is 237 g/mol. The molecule has 1 N–H and O–H groups in total. The topological polar surface area (TPSA) is 59.4 Å². The summed E-state index contributed by atoms with van der Waals surface area (Å²) in [4.78, 5) is 15.4. The molecule has 1 rings (SSSR count). The summed E-state index contributed by atoms with van der Waals surface area (Å²) in [5.74, 6) is -0.573. The Labute approximate surface area is 102 Å². The van der Waals surface area contributed by atoms with Crippen LogP contribution in [0.15, 0.2) is 12.1 Å². The number of carboxylic acid groups (broad SMARTS) is 1. The highest BCUT2D eigenvalue weighted by atomic mass is 16.5. The van der Waals surface area contributed by atoms with E-state index >= 15 is 0 Å². The average Bonchev–Trinajstić information content (AvgIpc) is 2.24. The van der Waals surface area contributed by atoms with E-state index in [4.69, 9.17) is 9.84 Å². The predicted molar refractivity (Wildman–Crippen MR) is 65.7 cm³/mol. The van der Waals surface area contributed by atoms with Crippen LogP contribution < -0.4 is 4.74 Å². The molecule has 0 aliphatic carbocycles. The monoisotopic (exact) mass is 237 g/mol. The molecule has 0 saturated heterocycles. The predicted octanol–water partition coefficient (Wildman–Crippen LogP) is 2.87. The number of nitrogens with zero attached hydrogens (tertiary/aromatic N) is 1. The van der Waals surface area contributed by atoms with E-state index in [9.17, 15) is 4.79 Å². The Kier molecular flexibility index (Phi) is 4.10. The van der Waals surface area contributed by atoms with Crippen LogP contribution in [0, 0.1) is 0 Å². The summed E-state index contributed by atoms with van der Waals surface area (Å²) in [6.07, 6.45) is 0.865. The molecule has 0 amide bonds. The molecule has 1 heterocycles. The molecule has 0 unspecified atom stereocenters. The Morgan fingerprint density at radius 3 is 2.53 bits per heavy atom. The van der Waals surface area contributed by atoms with Gasteiger partial charge < -0.3 is 9.84 Å². The third-order valence-corrected chi connectivity index (χ3v) is 2.27. The standard InChI is InChI=1S/C13H19NO3/c1-5-6-17-11-8-9(12(15)16)7-10(14-11)13(2,3)4/h7-8H,5-6H2,1-4H3,(H,15,16). The van der Waals surface area contributed by atoms with E-state index in [1.807, 2.05) is 27.7 Å². The quantitative estimate of drug-likeness (QED) is 0.874. The molecule has 94 valence electrons. The van der Waals surface area contributed by atoms with Crippen LogP contribution in [0.3, 0.4) is 0 Å². The Bertz CT molecular complexity index is 408. The molecule has 0 radical (unpaired) electrons. The maximum atomic E-state index is 11.0. The van der Waals surface area contributed by atoms with Gasteiger partial charge in [0.25, 0.3) is 0 Å². The van der Waals surface area contributed by atoms with Crippen molar-refractivity contribution in [1.29, 1.82) is 0 Å². The minimum atomic E-state index is -0.959. The molecule has 0 spiro atoms. The molecule has 0 atom stereocenters. The number of carboxylic acids is 1. The van der Waals surface area contributed by atoms with Gasteiger partial charge in [-0.25, -0.2) is 9.78 Å². The van der Waals surface area contributed by atoms with Crippen LogP contribution in [0.2, 0.25) is 0 Å². The number of carbonyl (C=O) groups is 1. The maximum Gasteiger partial charge on any atom is 0.335 e. The molecule has 0 fully saturated rings. The number of hydrogen-bond donors (Lipinski definition) is 1. The summed E-state index contributed by atoms with van der Waals surface area (Å²) in [6, 6.07) is 3.06. The number of rotatable bonds is 4. The fourth-order valence-corrected chi connectivity index (χ4v) is 1.29. The van der Waals surface area contributed by atoms with Crippen LogP contribution in [-0.4, -0.2) is 22.7 Å². The third-order valence-electron chi connectivity index (χ3n) is 2.27. The van der Waals surface area contributed by atoms with E-state index in [0.717, 1.165) is 12.1 Å². The first-order valence-corrected chi connectivity index (χ1v) is 5.73. The lowest BCUT2D eigenvalue weighted by Crippen LogP contribution is -2.16. The SMILES string of the molecule is CCCOc1cc(C(=O)O)cc(C(C)(C)C)n1. The summed E-state index contributed by atoms with van der Waals surface area (Å²) in [7, 11) is 0. The van der Waals surface area contributed by atoms with E-state index in [0.29, 0.717) is 12.5 Å². The summed E-state index contributed by atoms with van der Waals surface area (Å²) < 4.78 is 5.41. The molecule has 0 aliphatic rings. The van der Waals surface area contributed by atoms with E-state index < -0.39 is 5.97 Å². The Morgan fingerprint density at radius 1 is 1.41 bits per heavy atom. The first-order chi connectivity index (χ1) is 7.84. The maximum absolute atomic E-state index is 11.0. The molecule has 4 nitrogen and oxygen atoms in total. The summed E-state index contributed by atoms with van der Waals surface area (Å²) in [5, 5.41) is 9.04. The number of hydrogen-bond acceptors (Lipinski definition) is 3. The van der Waals surface area contributed by atoms with Crippen LogP contribution in [0.4, 0.5) is 0 Å². The fraction of sp³-hybridized carbons (Fsp3) is 0.538. The van der Waals surface area contributed by atoms with E-state index in [2.05, 4.69) is 4.98 Å². The van der Waals surface area contributed by atoms with E-state index in [1.54, 1.807) is 6.07 Å². The number of aromatic carboxylic acids is 1. The Hall–Kier alpha value is -1.58. The highest BCUT2D eigenvalue weighted by Crippen LogP contribution is 2.24. The van der Waals surface area contributed by atoms with Gasteiger partial charge in [-0.05, 0) is 12.5 Å². The van der Waals surface area contributed by atoms with Gasteiger partial charge in [0.1, 0.15) is 0 Å². The highest BCUT2D eigenvalue weighted by Gasteiger charge is 2.19. The molecule has 0 aromatic carbocycles. The van der Waals surface area contributed by atoms with Gasteiger partial charge in [-0.15, -0.1) is 0 Å². The zero-order valence-electron chi connectivity index (χ0n) is 10.8. The van der Waals surface area contributed by atoms with Crippen molar-refractivity contribution in [2.24, 2.45) is 0 Å². The molecule has 1 aromatic rings. The molecule has 4 heteroatoms. The lowest BCUT2D eigenvalue weighted by Gasteiger charge is -2.19. The molecular formula is C13H19NO3. The molecule has 0 saturated carbocycles. The highest BCUT2D eigenvalue weighted by molar-refractivity contribution is 5.88. The van der Waals surface area contributed by atoms with Gasteiger partial charge >= 0.3 is 5.97 Å². The van der Waals surface area contributed by atoms with Gasteiger partial charge in [-0.1, -0.05) is 27.7 Å². The zero-order chi connectivity index (χ0) is 13.1. The van der Waals surface area contributed by atoms with Crippen molar-refractivity contribution in [3.63, 3.8) is 0 Å². The molecule has 0 bridgehead atoms. The van der Waals surface area contributed by atoms with Crippen molar-refractivity contribution in [3.8, 4) is 5.88 Å². The molecular weight excluding hydrogens is 218 g/mol. The molecule has 1 aromatic heterocycles. The fourth-order valence-electron chi connectivity index (χ4n) is 1.29. The second-order valence-electron chi connectivity index (χ2n) is 4.98. The number of pyridine rings is 1. The van der Waals surface area contributed by atoms with E-state index in [1.165, 1.54) is 6.07 Å². The minimum Gasteiger partial charge on any atom is -0.478 e. The first-order valence-electron chi connectivity index (χ1n) is 5.73. The number of ether oxygens (including phenoxy) is 1. The summed E-state index contributed by atoms with van der Waals surface area (Å²) >= 11 is 0. The van der Waals surface area contributed by atoms with Crippen molar-refractivity contribution >= 4 is 5.97 Å². The van der Waals surface area contributed by atoms with Crippen molar-refractivity contribution in [3.05, 3.63) is 23.4 Å². The van der Waals surface area contributed by atoms with Gasteiger partial charge in [-0.3, -0.25) is 0 Å². The zero-order valence-corrected chi connectivity index (χ0v) is 10.8. The lowest BCUT2D eigenvalue weighted by molar-refractivity contribution is 0.0696. The van der Waals surface area contributed by atoms with Crippen LogP contribution in [0.5, 0.6) is 5.88 Å². The largest absolute Gasteiger partial charge is 0.478 e. The van der Waals surface area contributed by atoms with Crippen LogP contribution in [0.25, 0.3) is 0 Å². The van der Waals surface area contributed by atoms with Gasteiger partial charge in [0.2, 0.25) is 5.88 Å². The van der Waals surface area contributed by atoms with Crippen molar-refractivity contribution in [1.82, 2.24) is 4.98 Å². The Balaban J connectivity index is 3.14. The van der Waals surface area contributed by atoms with E-state index in [-0.39, 0.29) is 11.0 Å². The third kappa shape index (κ3) is 3.73. The van der Waals surface area contributed by atoms with Gasteiger partial charge in [0.15, 0.2) is 0 Å².